The third-order valence-electron chi connectivity index (χ3n) is 2.74. The molecule has 2 aromatic rings. The van der Waals surface area contributed by atoms with Crippen LogP contribution in [-0.4, -0.2) is 14.5 Å². The van der Waals surface area contributed by atoms with Crippen LogP contribution in [0.5, 0.6) is 0 Å². The van der Waals surface area contributed by atoms with Crippen molar-refractivity contribution >= 4 is 22.9 Å². The van der Waals surface area contributed by atoms with E-state index in [1.807, 2.05) is 26.2 Å². The van der Waals surface area contributed by atoms with Gasteiger partial charge < -0.3 is 0 Å². The molecule has 0 saturated carbocycles. The van der Waals surface area contributed by atoms with Gasteiger partial charge >= 0.3 is 5.69 Å². The van der Waals surface area contributed by atoms with E-state index in [0.717, 1.165) is 9.57 Å². The lowest BCUT2D eigenvalue weighted by Crippen LogP contribution is -2.38. The van der Waals surface area contributed by atoms with Gasteiger partial charge in [0.15, 0.2) is 0 Å². The normalized spacial score (nSPS) is 11.2. The summed E-state index contributed by atoms with van der Waals surface area (Å²) in [4.78, 5) is 30.9. The van der Waals surface area contributed by atoms with E-state index in [1.165, 1.54) is 11.3 Å². The minimum atomic E-state index is -0.509. The Hall–Kier alpha value is -1.40. The number of aromatic nitrogens is 3. The Labute approximate surface area is 118 Å². The fourth-order valence-corrected chi connectivity index (χ4v) is 2.83. The Kier molecular flexibility index (Phi) is 3.91. The van der Waals surface area contributed by atoms with Crippen molar-refractivity contribution in [2.24, 2.45) is 0 Å². The number of nitrogens with zero attached hydrogens (tertiary/aromatic N) is 2. The second-order valence-corrected chi connectivity index (χ2v) is 6.00. The monoisotopic (exact) mass is 299 g/mol. The second kappa shape index (κ2) is 5.30. The van der Waals surface area contributed by atoms with E-state index in [2.05, 4.69) is 9.97 Å². The molecule has 0 aliphatic carbocycles. The number of aromatic amines is 1. The van der Waals surface area contributed by atoms with Crippen molar-refractivity contribution in [3.8, 4) is 0 Å². The Morgan fingerprint density at radius 1 is 1.47 bits per heavy atom. The van der Waals surface area contributed by atoms with E-state index < -0.39 is 5.69 Å². The zero-order valence-corrected chi connectivity index (χ0v) is 12.4. The molecular formula is C12H14ClN3O2S. The molecule has 0 amide bonds. The molecule has 0 aliphatic heterocycles. The van der Waals surface area contributed by atoms with Gasteiger partial charge in [0.05, 0.1) is 22.8 Å². The fourth-order valence-electron chi connectivity index (χ4n) is 1.85. The van der Waals surface area contributed by atoms with Crippen molar-refractivity contribution in [1.82, 2.24) is 14.5 Å². The summed E-state index contributed by atoms with van der Waals surface area (Å²) in [5.41, 5.74) is 0.264. The SMILES string of the molecule is Cc1nc(Cn2c(=O)[nH]c(Cl)c(C(C)C)c2=O)cs1. The van der Waals surface area contributed by atoms with Crippen LogP contribution in [0.3, 0.4) is 0 Å². The Morgan fingerprint density at radius 2 is 2.16 bits per heavy atom. The van der Waals surface area contributed by atoms with Crippen molar-refractivity contribution in [2.75, 3.05) is 0 Å². The van der Waals surface area contributed by atoms with Crippen LogP contribution in [0, 0.1) is 6.92 Å². The van der Waals surface area contributed by atoms with E-state index in [4.69, 9.17) is 11.6 Å². The number of thiazole rings is 1. The minimum Gasteiger partial charge on any atom is -0.297 e. The molecule has 0 spiro atoms. The first-order valence-corrected chi connectivity index (χ1v) is 7.09. The molecule has 2 rings (SSSR count). The average Bonchev–Trinajstić information content (AvgIpc) is 2.69. The van der Waals surface area contributed by atoms with Crippen molar-refractivity contribution in [2.45, 2.75) is 33.2 Å². The highest BCUT2D eigenvalue weighted by atomic mass is 35.5. The summed E-state index contributed by atoms with van der Waals surface area (Å²) in [5.74, 6) is -0.0553. The van der Waals surface area contributed by atoms with Crippen LogP contribution in [0.2, 0.25) is 5.15 Å². The van der Waals surface area contributed by atoms with E-state index in [0.29, 0.717) is 11.3 Å². The highest BCUT2D eigenvalue weighted by molar-refractivity contribution is 7.09. The maximum Gasteiger partial charge on any atom is 0.329 e. The number of hydrogen-bond donors (Lipinski definition) is 1. The summed E-state index contributed by atoms with van der Waals surface area (Å²) in [5, 5.41) is 2.86. The predicted octanol–water partition coefficient (Wildman–Crippen LogP) is 2.13. The van der Waals surface area contributed by atoms with Crippen LogP contribution in [0.15, 0.2) is 15.0 Å². The Balaban J connectivity index is 2.55. The van der Waals surface area contributed by atoms with Gasteiger partial charge in [-0.15, -0.1) is 11.3 Å². The Morgan fingerprint density at radius 3 is 2.68 bits per heavy atom. The van der Waals surface area contributed by atoms with Crippen LogP contribution in [0.1, 0.15) is 36.0 Å². The molecule has 2 heterocycles. The molecule has 0 aromatic carbocycles. The molecule has 0 atom stereocenters. The zero-order valence-electron chi connectivity index (χ0n) is 10.9. The first kappa shape index (κ1) is 14.0. The van der Waals surface area contributed by atoms with E-state index in [9.17, 15) is 9.59 Å². The molecule has 2 aromatic heterocycles. The first-order chi connectivity index (χ1) is 8.90. The van der Waals surface area contributed by atoms with Gasteiger partial charge in [0.1, 0.15) is 5.15 Å². The van der Waals surface area contributed by atoms with Crippen LogP contribution in [0.25, 0.3) is 0 Å². The van der Waals surface area contributed by atoms with Gasteiger partial charge in [-0.3, -0.25) is 14.3 Å². The molecule has 0 unspecified atom stereocenters. The standard InChI is InChI=1S/C12H14ClN3O2S/c1-6(2)9-10(13)15-12(18)16(11(9)17)4-8-5-19-7(3)14-8/h5-6H,4H2,1-3H3,(H,15,18). The summed E-state index contributed by atoms with van der Waals surface area (Å²) < 4.78 is 1.13. The van der Waals surface area contributed by atoms with Crippen LogP contribution < -0.4 is 11.2 Å². The third-order valence-corrected chi connectivity index (χ3v) is 3.86. The number of hydrogen-bond acceptors (Lipinski definition) is 4. The lowest BCUT2D eigenvalue weighted by Gasteiger charge is -2.10. The van der Waals surface area contributed by atoms with Gasteiger partial charge in [-0.05, 0) is 12.8 Å². The third kappa shape index (κ3) is 2.79. The van der Waals surface area contributed by atoms with Crippen LogP contribution in [0.4, 0.5) is 0 Å². The number of aryl methyl sites for hydroxylation is 1. The smallest absolute Gasteiger partial charge is 0.297 e. The number of H-pyrrole nitrogens is 1. The van der Waals surface area contributed by atoms with Crippen molar-refractivity contribution in [3.63, 3.8) is 0 Å². The van der Waals surface area contributed by atoms with Gasteiger partial charge in [-0.1, -0.05) is 25.4 Å². The van der Waals surface area contributed by atoms with E-state index >= 15 is 0 Å². The first-order valence-electron chi connectivity index (χ1n) is 5.83. The molecule has 0 radical (unpaired) electrons. The van der Waals surface area contributed by atoms with E-state index in [-0.39, 0.29) is 23.2 Å². The maximum absolute atomic E-state index is 12.3. The summed E-state index contributed by atoms with van der Waals surface area (Å²) in [6.45, 7) is 5.76. The van der Waals surface area contributed by atoms with Crippen molar-refractivity contribution < 1.29 is 0 Å². The topological polar surface area (TPSA) is 67.8 Å². The second-order valence-electron chi connectivity index (χ2n) is 4.56. The zero-order chi connectivity index (χ0) is 14.2. The van der Waals surface area contributed by atoms with Gasteiger partial charge in [0, 0.05) is 5.38 Å². The minimum absolute atomic E-state index is 0.0553. The largest absolute Gasteiger partial charge is 0.329 e. The predicted molar refractivity (Wildman–Crippen MR) is 76.4 cm³/mol. The van der Waals surface area contributed by atoms with Gasteiger partial charge in [0.2, 0.25) is 0 Å². The van der Waals surface area contributed by atoms with Gasteiger partial charge in [-0.2, -0.15) is 0 Å². The molecule has 0 aliphatic rings. The quantitative estimate of drug-likeness (QED) is 0.883. The molecule has 5 nitrogen and oxygen atoms in total. The summed E-state index contributed by atoms with van der Waals surface area (Å²) in [6.07, 6.45) is 0. The number of halogens is 1. The molecule has 7 heteroatoms. The molecule has 102 valence electrons. The molecule has 1 N–H and O–H groups in total. The number of rotatable bonds is 3. The molecule has 19 heavy (non-hydrogen) atoms. The lowest BCUT2D eigenvalue weighted by molar-refractivity contribution is 0.661. The van der Waals surface area contributed by atoms with Crippen molar-refractivity contribution in [3.05, 3.63) is 47.6 Å². The van der Waals surface area contributed by atoms with Crippen molar-refractivity contribution in [1.29, 1.82) is 0 Å². The maximum atomic E-state index is 12.3. The summed E-state index contributed by atoms with van der Waals surface area (Å²) in [7, 11) is 0. The average molecular weight is 300 g/mol. The lowest BCUT2D eigenvalue weighted by atomic mass is 10.1. The van der Waals surface area contributed by atoms with E-state index in [1.54, 1.807) is 0 Å². The molecule has 0 bridgehead atoms. The highest BCUT2D eigenvalue weighted by Gasteiger charge is 2.16. The van der Waals surface area contributed by atoms with Gasteiger partial charge in [-0.25, -0.2) is 9.78 Å². The Bertz CT molecular complexity index is 714. The molecule has 0 saturated heterocycles. The van der Waals surface area contributed by atoms with Crippen LogP contribution >= 0.6 is 22.9 Å². The molecule has 0 fully saturated rings. The van der Waals surface area contributed by atoms with Gasteiger partial charge in [0.25, 0.3) is 5.56 Å². The fraction of sp³-hybridized carbons (Fsp3) is 0.417. The number of nitrogens with one attached hydrogen (secondary N) is 1. The highest BCUT2D eigenvalue weighted by Crippen LogP contribution is 2.16. The summed E-state index contributed by atoms with van der Waals surface area (Å²) >= 11 is 7.41. The van der Waals surface area contributed by atoms with Crippen LogP contribution in [-0.2, 0) is 6.54 Å². The summed E-state index contributed by atoms with van der Waals surface area (Å²) in [6, 6.07) is 0. The molecular weight excluding hydrogens is 286 g/mol.